The molecule has 0 radical (unpaired) electrons. The Morgan fingerprint density at radius 3 is 2.10 bits per heavy atom. The molecule has 0 amide bonds. The Hall–Kier alpha value is -2.87. The molecule has 0 saturated heterocycles. The van der Waals surface area contributed by atoms with Crippen molar-refractivity contribution in [1.82, 2.24) is 4.98 Å². The van der Waals surface area contributed by atoms with E-state index in [1.54, 1.807) is 6.07 Å². The van der Waals surface area contributed by atoms with Gasteiger partial charge < -0.3 is 4.98 Å². The summed E-state index contributed by atoms with van der Waals surface area (Å²) < 4.78 is 0. The molecule has 0 spiro atoms. The molecule has 2 aromatic carbocycles. The summed E-state index contributed by atoms with van der Waals surface area (Å²) in [7, 11) is 0. The molecular formula is C19H15NO. The van der Waals surface area contributed by atoms with Gasteiger partial charge in [0.15, 0.2) is 0 Å². The fourth-order valence-corrected chi connectivity index (χ4v) is 2.20. The van der Waals surface area contributed by atoms with Gasteiger partial charge in [-0.2, -0.15) is 0 Å². The summed E-state index contributed by atoms with van der Waals surface area (Å²) in [5.41, 5.74) is 3.77. The Bertz CT molecular complexity index is 802. The Balaban J connectivity index is 1.95. The van der Waals surface area contributed by atoms with E-state index >= 15 is 0 Å². The van der Waals surface area contributed by atoms with Gasteiger partial charge in [0.05, 0.1) is 0 Å². The third kappa shape index (κ3) is 3.37. The largest absolute Gasteiger partial charge is 0.322 e. The van der Waals surface area contributed by atoms with Gasteiger partial charge in [-0.25, -0.2) is 0 Å². The van der Waals surface area contributed by atoms with Crippen LogP contribution in [-0.4, -0.2) is 4.98 Å². The van der Waals surface area contributed by atoms with Crippen LogP contribution in [0.3, 0.4) is 0 Å². The van der Waals surface area contributed by atoms with Crippen LogP contribution in [0.15, 0.2) is 77.6 Å². The second-order valence-corrected chi connectivity index (χ2v) is 4.80. The van der Waals surface area contributed by atoms with Crippen LogP contribution in [0.2, 0.25) is 0 Å². The van der Waals surface area contributed by atoms with Crippen molar-refractivity contribution in [1.29, 1.82) is 0 Å². The first kappa shape index (κ1) is 13.1. The highest BCUT2D eigenvalue weighted by atomic mass is 16.1. The molecule has 2 heteroatoms. The summed E-state index contributed by atoms with van der Waals surface area (Å²) in [5, 5.41) is 0. The quantitative estimate of drug-likeness (QED) is 0.761. The van der Waals surface area contributed by atoms with Gasteiger partial charge in [-0.1, -0.05) is 66.7 Å². The van der Waals surface area contributed by atoms with E-state index < -0.39 is 0 Å². The molecule has 0 aliphatic rings. The number of benzene rings is 2. The molecule has 0 atom stereocenters. The van der Waals surface area contributed by atoms with Crippen LogP contribution in [-0.2, 0) is 0 Å². The third-order valence-corrected chi connectivity index (χ3v) is 3.23. The van der Waals surface area contributed by atoms with Crippen LogP contribution in [0.25, 0.3) is 23.3 Å². The molecule has 1 N–H and O–H groups in total. The zero-order valence-corrected chi connectivity index (χ0v) is 11.5. The molecule has 1 heterocycles. The Kier molecular flexibility index (Phi) is 3.79. The van der Waals surface area contributed by atoms with Gasteiger partial charge in [-0.3, -0.25) is 4.79 Å². The van der Waals surface area contributed by atoms with Crippen molar-refractivity contribution in [2.24, 2.45) is 0 Å². The minimum atomic E-state index is -0.0935. The zero-order chi connectivity index (χ0) is 14.5. The first-order chi connectivity index (χ1) is 10.3. The fraction of sp³-hybridized carbons (Fsp3) is 0. The van der Waals surface area contributed by atoms with E-state index in [1.807, 2.05) is 78.9 Å². The van der Waals surface area contributed by atoms with E-state index in [2.05, 4.69) is 4.98 Å². The molecule has 1 aromatic heterocycles. The molecule has 3 aromatic rings. The fourth-order valence-electron chi connectivity index (χ4n) is 2.20. The summed E-state index contributed by atoms with van der Waals surface area (Å²) >= 11 is 0. The highest BCUT2D eigenvalue weighted by molar-refractivity contribution is 5.71. The maximum Gasteiger partial charge on any atom is 0.248 e. The molecule has 102 valence electrons. The molecule has 21 heavy (non-hydrogen) atoms. The van der Waals surface area contributed by atoms with Crippen molar-refractivity contribution in [3.63, 3.8) is 0 Å². The van der Waals surface area contributed by atoms with Crippen molar-refractivity contribution in [2.75, 3.05) is 0 Å². The summed E-state index contributed by atoms with van der Waals surface area (Å²) in [4.78, 5) is 14.7. The van der Waals surface area contributed by atoms with Gasteiger partial charge in [0.25, 0.3) is 0 Å². The minimum Gasteiger partial charge on any atom is -0.322 e. The third-order valence-electron chi connectivity index (χ3n) is 3.23. The number of hydrogen-bond donors (Lipinski definition) is 1. The minimum absolute atomic E-state index is 0.0935. The standard InChI is InChI=1S/C19H15NO/c21-19-14-17(16-9-5-2-6-10-16)13-18(20-19)12-11-15-7-3-1-4-8-15/h1-14H,(H,20,21)/b12-11-. The first-order valence-corrected chi connectivity index (χ1v) is 6.84. The van der Waals surface area contributed by atoms with Crippen LogP contribution >= 0.6 is 0 Å². The number of hydrogen-bond acceptors (Lipinski definition) is 1. The lowest BCUT2D eigenvalue weighted by molar-refractivity contribution is 1.22. The van der Waals surface area contributed by atoms with Gasteiger partial charge in [0.1, 0.15) is 0 Å². The predicted molar refractivity (Wildman–Crippen MR) is 87.9 cm³/mol. The number of nitrogens with one attached hydrogen (secondary N) is 1. The lowest BCUT2D eigenvalue weighted by atomic mass is 10.1. The predicted octanol–water partition coefficient (Wildman–Crippen LogP) is 4.21. The molecule has 0 aliphatic carbocycles. The number of aromatic nitrogens is 1. The first-order valence-electron chi connectivity index (χ1n) is 6.84. The van der Waals surface area contributed by atoms with E-state index in [0.717, 1.165) is 22.4 Å². The molecule has 0 unspecified atom stereocenters. The summed E-state index contributed by atoms with van der Waals surface area (Å²) in [6.45, 7) is 0. The number of rotatable bonds is 3. The van der Waals surface area contributed by atoms with Crippen LogP contribution in [0.1, 0.15) is 11.3 Å². The zero-order valence-electron chi connectivity index (χ0n) is 11.5. The van der Waals surface area contributed by atoms with Crippen molar-refractivity contribution in [3.8, 4) is 11.1 Å². The van der Waals surface area contributed by atoms with Gasteiger partial charge in [-0.15, -0.1) is 0 Å². The number of H-pyrrole nitrogens is 1. The van der Waals surface area contributed by atoms with Crippen molar-refractivity contribution < 1.29 is 0 Å². The normalized spacial score (nSPS) is 10.9. The second kappa shape index (κ2) is 6.06. The number of aromatic amines is 1. The summed E-state index contributed by atoms with van der Waals surface area (Å²) in [6, 6.07) is 23.5. The van der Waals surface area contributed by atoms with Crippen LogP contribution in [0.4, 0.5) is 0 Å². The maximum absolute atomic E-state index is 11.8. The molecular weight excluding hydrogens is 258 g/mol. The molecule has 0 aliphatic heterocycles. The van der Waals surface area contributed by atoms with Crippen molar-refractivity contribution in [2.45, 2.75) is 0 Å². The maximum atomic E-state index is 11.8. The van der Waals surface area contributed by atoms with Gasteiger partial charge in [-0.05, 0) is 28.8 Å². The van der Waals surface area contributed by atoms with E-state index in [-0.39, 0.29) is 5.56 Å². The molecule has 0 bridgehead atoms. The van der Waals surface area contributed by atoms with Crippen LogP contribution in [0.5, 0.6) is 0 Å². The SMILES string of the molecule is O=c1cc(-c2ccccc2)cc(/C=C\c2ccccc2)[nH]1. The van der Waals surface area contributed by atoms with Crippen LogP contribution in [0, 0.1) is 0 Å². The van der Waals surface area contributed by atoms with Gasteiger partial charge in [0, 0.05) is 11.8 Å². The average Bonchev–Trinajstić information content (AvgIpc) is 2.54. The van der Waals surface area contributed by atoms with E-state index in [1.165, 1.54) is 0 Å². The number of pyridine rings is 1. The average molecular weight is 273 g/mol. The highest BCUT2D eigenvalue weighted by Crippen LogP contribution is 2.18. The molecule has 3 rings (SSSR count). The van der Waals surface area contributed by atoms with E-state index in [4.69, 9.17) is 0 Å². The monoisotopic (exact) mass is 273 g/mol. The Morgan fingerprint density at radius 1 is 0.714 bits per heavy atom. The van der Waals surface area contributed by atoms with Crippen molar-refractivity contribution >= 4 is 12.2 Å². The smallest absolute Gasteiger partial charge is 0.248 e. The van der Waals surface area contributed by atoms with Gasteiger partial charge >= 0.3 is 0 Å². The summed E-state index contributed by atoms with van der Waals surface area (Å²) in [6.07, 6.45) is 3.91. The molecule has 2 nitrogen and oxygen atoms in total. The topological polar surface area (TPSA) is 32.9 Å². The molecule has 0 fully saturated rings. The van der Waals surface area contributed by atoms with E-state index in [9.17, 15) is 4.79 Å². The Morgan fingerprint density at radius 2 is 1.38 bits per heavy atom. The van der Waals surface area contributed by atoms with E-state index in [0.29, 0.717) is 0 Å². The van der Waals surface area contributed by atoms with Crippen molar-refractivity contribution in [3.05, 3.63) is 94.4 Å². The van der Waals surface area contributed by atoms with Crippen LogP contribution < -0.4 is 5.56 Å². The Labute approximate surface area is 123 Å². The van der Waals surface area contributed by atoms with Gasteiger partial charge in [0.2, 0.25) is 5.56 Å². The summed E-state index contributed by atoms with van der Waals surface area (Å²) in [5.74, 6) is 0. The second-order valence-electron chi connectivity index (χ2n) is 4.80. The lowest BCUT2D eigenvalue weighted by Crippen LogP contribution is -2.05. The lowest BCUT2D eigenvalue weighted by Gasteiger charge is -2.02. The molecule has 0 saturated carbocycles. The highest BCUT2D eigenvalue weighted by Gasteiger charge is 1.99.